The highest BCUT2D eigenvalue weighted by Crippen LogP contribution is 2.28. The lowest BCUT2D eigenvalue weighted by Crippen LogP contribution is -2.40. The molecule has 1 N–H and O–H groups in total. The highest BCUT2D eigenvalue weighted by atomic mass is 79.9. The Balaban J connectivity index is 1.91. The average Bonchev–Trinajstić information content (AvgIpc) is 2.69. The van der Waals surface area contributed by atoms with E-state index in [4.69, 9.17) is 9.47 Å². The molecule has 0 atom stereocenters. The minimum atomic E-state index is -3.61. The number of aryl methyl sites for hydroxylation is 1. The number of methoxy groups -OCH3 is 2. The topological polar surface area (TPSA) is 84.9 Å². The van der Waals surface area contributed by atoms with Gasteiger partial charge >= 0.3 is 0 Å². The molecule has 2 rings (SSSR count). The minimum Gasteiger partial charge on any atom is -0.493 e. The van der Waals surface area contributed by atoms with Crippen molar-refractivity contribution in [2.24, 2.45) is 0 Å². The summed E-state index contributed by atoms with van der Waals surface area (Å²) in [4.78, 5) is 12.3. The molecule has 0 heterocycles. The van der Waals surface area contributed by atoms with Crippen molar-refractivity contribution in [1.29, 1.82) is 0 Å². The molecule has 0 aliphatic heterocycles. The van der Waals surface area contributed by atoms with Crippen LogP contribution in [0, 0.1) is 0 Å². The number of nitrogens with zero attached hydrogens (tertiary/aromatic N) is 1. The molecule has 0 aromatic heterocycles. The molecule has 0 saturated carbocycles. The molecule has 9 heteroatoms. The highest BCUT2D eigenvalue weighted by molar-refractivity contribution is 9.10. The number of halogens is 1. The average molecular weight is 485 g/mol. The van der Waals surface area contributed by atoms with E-state index in [1.54, 1.807) is 38.5 Å². The summed E-state index contributed by atoms with van der Waals surface area (Å²) >= 11 is 3.33. The van der Waals surface area contributed by atoms with Crippen LogP contribution in [0.4, 0.5) is 5.69 Å². The van der Waals surface area contributed by atoms with Gasteiger partial charge in [-0.3, -0.25) is 9.10 Å². The number of rotatable bonds is 10. The summed E-state index contributed by atoms with van der Waals surface area (Å²) in [5.74, 6) is 0.960. The second-order valence-electron chi connectivity index (χ2n) is 6.36. The second-order valence-corrected chi connectivity index (χ2v) is 9.13. The first-order valence-corrected chi connectivity index (χ1v) is 11.6. The van der Waals surface area contributed by atoms with Crippen LogP contribution in [0.15, 0.2) is 46.9 Å². The Labute approximate surface area is 180 Å². The molecule has 0 unspecified atom stereocenters. The maximum absolute atomic E-state index is 12.3. The summed E-state index contributed by atoms with van der Waals surface area (Å²) in [6, 6.07) is 12.6. The van der Waals surface area contributed by atoms with E-state index in [0.717, 1.165) is 22.5 Å². The lowest BCUT2D eigenvalue weighted by Gasteiger charge is -2.23. The van der Waals surface area contributed by atoms with Crippen LogP contribution < -0.4 is 19.1 Å². The van der Waals surface area contributed by atoms with Gasteiger partial charge in [-0.25, -0.2) is 8.42 Å². The molecule has 0 saturated heterocycles. The number of carbonyl (C=O) groups is 1. The van der Waals surface area contributed by atoms with Crippen LogP contribution in [0.25, 0.3) is 0 Å². The number of anilines is 1. The van der Waals surface area contributed by atoms with Crippen molar-refractivity contribution in [3.8, 4) is 11.5 Å². The van der Waals surface area contributed by atoms with Crippen LogP contribution in [-0.2, 0) is 21.2 Å². The molecular formula is C20H25BrN2O5S. The lowest BCUT2D eigenvalue weighted by molar-refractivity contribution is -0.119. The Morgan fingerprint density at radius 2 is 1.79 bits per heavy atom. The molecule has 158 valence electrons. The summed E-state index contributed by atoms with van der Waals surface area (Å²) in [6.07, 6.45) is 2.52. The maximum atomic E-state index is 12.3. The van der Waals surface area contributed by atoms with E-state index in [0.29, 0.717) is 34.6 Å². The molecule has 0 bridgehead atoms. The summed E-state index contributed by atoms with van der Waals surface area (Å²) in [7, 11) is -0.439. The summed E-state index contributed by atoms with van der Waals surface area (Å²) in [6.45, 7) is 0.151. The number of amides is 1. The van der Waals surface area contributed by atoms with Gasteiger partial charge in [-0.2, -0.15) is 0 Å². The van der Waals surface area contributed by atoms with Crippen molar-refractivity contribution >= 4 is 37.5 Å². The van der Waals surface area contributed by atoms with Crippen molar-refractivity contribution in [1.82, 2.24) is 5.32 Å². The number of carbonyl (C=O) groups excluding carboxylic acids is 1. The molecule has 0 fully saturated rings. The van der Waals surface area contributed by atoms with E-state index in [1.165, 1.54) is 0 Å². The van der Waals surface area contributed by atoms with Gasteiger partial charge in [-0.15, -0.1) is 0 Å². The van der Waals surface area contributed by atoms with Gasteiger partial charge in [0.05, 0.1) is 26.2 Å². The summed E-state index contributed by atoms with van der Waals surface area (Å²) in [5.41, 5.74) is 1.48. The highest BCUT2D eigenvalue weighted by Gasteiger charge is 2.22. The predicted octanol–water partition coefficient (Wildman–Crippen LogP) is 2.98. The van der Waals surface area contributed by atoms with Crippen molar-refractivity contribution in [3.63, 3.8) is 0 Å². The van der Waals surface area contributed by atoms with Crippen molar-refractivity contribution in [3.05, 3.63) is 52.5 Å². The molecule has 29 heavy (non-hydrogen) atoms. The van der Waals surface area contributed by atoms with Crippen molar-refractivity contribution in [2.45, 2.75) is 12.8 Å². The van der Waals surface area contributed by atoms with Gasteiger partial charge < -0.3 is 14.8 Å². The Hall–Kier alpha value is -2.26. The van der Waals surface area contributed by atoms with Gasteiger partial charge in [0.25, 0.3) is 0 Å². The van der Waals surface area contributed by atoms with E-state index >= 15 is 0 Å². The van der Waals surface area contributed by atoms with E-state index in [1.807, 2.05) is 18.2 Å². The maximum Gasteiger partial charge on any atom is 0.240 e. The van der Waals surface area contributed by atoms with Gasteiger partial charge in [0, 0.05) is 11.0 Å². The third kappa shape index (κ3) is 6.64. The van der Waals surface area contributed by atoms with Crippen LogP contribution in [-0.4, -0.2) is 47.9 Å². The van der Waals surface area contributed by atoms with Gasteiger partial charge in [0.2, 0.25) is 15.9 Å². The normalized spacial score (nSPS) is 11.0. The lowest BCUT2D eigenvalue weighted by atomic mass is 10.1. The minimum absolute atomic E-state index is 0.280. The number of hydrogen-bond donors (Lipinski definition) is 1. The number of hydrogen-bond acceptors (Lipinski definition) is 5. The largest absolute Gasteiger partial charge is 0.493 e. The smallest absolute Gasteiger partial charge is 0.240 e. The predicted molar refractivity (Wildman–Crippen MR) is 117 cm³/mol. The van der Waals surface area contributed by atoms with E-state index in [9.17, 15) is 13.2 Å². The second kappa shape index (κ2) is 10.5. The first-order chi connectivity index (χ1) is 13.8. The fraction of sp³-hybridized carbons (Fsp3) is 0.350. The fourth-order valence-electron chi connectivity index (χ4n) is 2.78. The Bertz CT molecular complexity index is 950. The van der Waals surface area contributed by atoms with E-state index in [-0.39, 0.29) is 12.5 Å². The first-order valence-electron chi connectivity index (χ1n) is 8.96. The van der Waals surface area contributed by atoms with Crippen LogP contribution in [0.2, 0.25) is 0 Å². The number of sulfonamides is 1. The third-order valence-electron chi connectivity index (χ3n) is 4.22. The van der Waals surface area contributed by atoms with Crippen LogP contribution >= 0.6 is 15.9 Å². The fourth-order valence-corrected chi connectivity index (χ4v) is 4.26. The van der Waals surface area contributed by atoms with Gasteiger partial charge in [0.15, 0.2) is 11.5 Å². The summed E-state index contributed by atoms with van der Waals surface area (Å²) < 4.78 is 36.5. The first kappa shape index (κ1) is 23.0. The zero-order valence-corrected chi connectivity index (χ0v) is 19.0. The molecule has 7 nitrogen and oxygen atoms in total. The van der Waals surface area contributed by atoms with Crippen molar-refractivity contribution in [2.75, 3.05) is 37.9 Å². The van der Waals surface area contributed by atoms with Crippen LogP contribution in [0.3, 0.4) is 0 Å². The van der Waals surface area contributed by atoms with E-state index < -0.39 is 10.0 Å². The van der Waals surface area contributed by atoms with E-state index in [2.05, 4.69) is 21.2 Å². The molecule has 0 aliphatic carbocycles. The molecule has 2 aromatic carbocycles. The molecule has 0 radical (unpaired) electrons. The zero-order valence-electron chi connectivity index (χ0n) is 16.6. The van der Waals surface area contributed by atoms with Crippen molar-refractivity contribution < 1.29 is 22.7 Å². The Morgan fingerprint density at radius 1 is 1.10 bits per heavy atom. The Kier molecular flexibility index (Phi) is 8.33. The van der Waals surface area contributed by atoms with Gasteiger partial charge in [0.1, 0.15) is 6.54 Å². The number of benzene rings is 2. The number of para-hydroxylation sites is 1. The zero-order chi connectivity index (χ0) is 21.4. The SMILES string of the molecule is COc1ccc(CCCNC(=O)CN(c2ccccc2Br)S(C)(=O)=O)cc1OC. The number of ether oxygens (including phenoxy) is 2. The van der Waals surface area contributed by atoms with Gasteiger partial charge in [-0.05, 0) is 58.6 Å². The standard InChI is InChI=1S/C20H25BrN2O5S/c1-27-18-11-10-15(13-19(18)28-2)7-6-12-22-20(24)14-23(29(3,25)26)17-9-5-4-8-16(17)21/h4-5,8-11,13H,6-7,12,14H2,1-3H3,(H,22,24). The Morgan fingerprint density at radius 3 is 2.41 bits per heavy atom. The quantitative estimate of drug-likeness (QED) is 0.524. The third-order valence-corrected chi connectivity index (χ3v) is 6.02. The molecule has 1 amide bonds. The van der Waals surface area contributed by atoms with Gasteiger partial charge in [-0.1, -0.05) is 18.2 Å². The molecular weight excluding hydrogens is 460 g/mol. The molecule has 0 spiro atoms. The molecule has 0 aliphatic rings. The summed E-state index contributed by atoms with van der Waals surface area (Å²) in [5, 5.41) is 2.78. The van der Waals surface area contributed by atoms with Crippen LogP contribution in [0.1, 0.15) is 12.0 Å². The molecule has 2 aromatic rings. The monoisotopic (exact) mass is 484 g/mol. The van der Waals surface area contributed by atoms with Crippen LogP contribution in [0.5, 0.6) is 11.5 Å². The number of nitrogens with one attached hydrogen (secondary N) is 1.